The molecule has 2 aromatic rings. The van der Waals surface area contributed by atoms with Crippen molar-refractivity contribution in [1.29, 1.82) is 0 Å². The van der Waals surface area contributed by atoms with Crippen LogP contribution in [0.1, 0.15) is 16.1 Å². The highest BCUT2D eigenvalue weighted by Gasteiger charge is 2.36. The highest BCUT2D eigenvalue weighted by atomic mass is 32.1. The molecule has 0 atom stereocenters. The first-order valence-corrected chi connectivity index (χ1v) is 7.38. The number of urea groups is 1. The molecule has 10 heteroatoms. The minimum atomic E-state index is -4.59. The Kier molecular flexibility index (Phi) is 3.92. The molecular weight excluding hydrogens is 336 g/mol. The molecule has 0 saturated heterocycles. The van der Waals surface area contributed by atoms with E-state index >= 15 is 0 Å². The molecule has 1 aromatic heterocycles. The van der Waals surface area contributed by atoms with Gasteiger partial charge in [0.1, 0.15) is 5.82 Å². The minimum Gasteiger partial charge on any atom is -0.320 e. The van der Waals surface area contributed by atoms with Crippen molar-refractivity contribution >= 4 is 22.5 Å². The van der Waals surface area contributed by atoms with Gasteiger partial charge in [-0.05, 0) is 29.7 Å². The van der Waals surface area contributed by atoms with E-state index < -0.39 is 17.2 Å². The van der Waals surface area contributed by atoms with Gasteiger partial charge in [-0.1, -0.05) is 17.4 Å². The summed E-state index contributed by atoms with van der Waals surface area (Å²) in [7, 11) is 0. The molecular formula is C13H10F4N4OS. The zero-order valence-corrected chi connectivity index (χ0v) is 12.3. The first-order valence-electron chi connectivity index (χ1n) is 6.57. The molecule has 0 saturated carbocycles. The van der Waals surface area contributed by atoms with Crippen LogP contribution in [-0.2, 0) is 19.1 Å². The molecule has 0 unspecified atom stereocenters. The van der Waals surface area contributed by atoms with Crippen molar-refractivity contribution in [3.8, 4) is 0 Å². The second kappa shape index (κ2) is 5.76. The van der Waals surface area contributed by atoms with E-state index in [9.17, 15) is 22.4 Å². The van der Waals surface area contributed by atoms with Crippen molar-refractivity contribution in [3.05, 3.63) is 40.2 Å². The van der Waals surface area contributed by atoms with E-state index in [4.69, 9.17) is 0 Å². The fourth-order valence-corrected chi connectivity index (χ4v) is 2.85. The first-order chi connectivity index (χ1) is 10.8. The summed E-state index contributed by atoms with van der Waals surface area (Å²) in [6, 6.07) is 3.76. The summed E-state index contributed by atoms with van der Waals surface area (Å²) in [5.74, 6) is -0.338. The van der Waals surface area contributed by atoms with Gasteiger partial charge in [-0.2, -0.15) is 13.2 Å². The Balaban J connectivity index is 1.68. The van der Waals surface area contributed by atoms with E-state index in [2.05, 4.69) is 15.5 Å². The van der Waals surface area contributed by atoms with E-state index in [1.807, 2.05) is 0 Å². The van der Waals surface area contributed by atoms with Gasteiger partial charge in [-0.25, -0.2) is 9.18 Å². The summed E-state index contributed by atoms with van der Waals surface area (Å²) in [5.41, 5.74) is 1.63. The van der Waals surface area contributed by atoms with Crippen molar-refractivity contribution in [1.82, 2.24) is 15.1 Å². The average molecular weight is 346 g/mol. The van der Waals surface area contributed by atoms with Crippen molar-refractivity contribution < 1.29 is 22.4 Å². The summed E-state index contributed by atoms with van der Waals surface area (Å²) in [6.45, 7) is 0.597. The highest BCUT2D eigenvalue weighted by Crippen LogP contribution is 2.33. The first kappa shape index (κ1) is 15.7. The number of alkyl halides is 3. The zero-order valence-electron chi connectivity index (χ0n) is 11.5. The Bertz CT molecular complexity index is 746. The maximum absolute atomic E-state index is 13.1. The van der Waals surface area contributed by atoms with Crippen molar-refractivity contribution in [2.45, 2.75) is 19.1 Å². The number of fused-ring (bicyclic) bond motifs is 1. The van der Waals surface area contributed by atoms with Gasteiger partial charge in [0.2, 0.25) is 10.1 Å². The average Bonchev–Trinajstić information content (AvgIpc) is 2.95. The smallest absolute Gasteiger partial charge is 0.320 e. The van der Waals surface area contributed by atoms with Crippen molar-refractivity contribution in [2.75, 3.05) is 11.9 Å². The summed E-state index contributed by atoms with van der Waals surface area (Å²) in [4.78, 5) is 13.5. The molecule has 5 nitrogen and oxygen atoms in total. The second-order valence-electron chi connectivity index (χ2n) is 4.92. The molecule has 1 N–H and O–H groups in total. The lowest BCUT2D eigenvalue weighted by atomic mass is 10.00. The van der Waals surface area contributed by atoms with Crippen LogP contribution in [0, 0.1) is 5.82 Å². The minimum absolute atomic E-state index is 0.216. The van der Waals surface area contributed by atoms with Gasteiger partial charge >= 0.3 is 12.2 Å². The lowest BCUT2D eigenvalue weighted by Crippen LogP contribution is -2.38. The van der Waals surface area contributed by atoms with Crippen LogP contribution in [0.15, 0.2) is 18.2 Å². The second-order valence-corrected chi connectivity index (χ2v) is 5.90. The summed E-state index contributed by atoms with van der Waals surface area (Å²) >= 11 is 0.264. The molecule has 2 amide bonds. The summed E-state index contributed by atoms with van der Waals surface area (Å²) < 4.78 is 50.5. The van der Waals surface area contributed by atoms with Crippen molar-refractivity contribution in [3.63, 3.8) is 0 Å². The molecule has 0 spiro atoms. The van der Waals surface area contributed by atoms with E-state index in [-0.39, 0.29) is 28.8 Å². The van der Waals surface area contributed by atoms with E-state index in [0.29, 0.717) is 13.0 Å². The van der Waals surface area contributed by atoms with Crippen LogP contribution in [0.2, 0.25) is 0 Å². The number of nitrogens with zero attached hydrogens (tertiary/aromatic N) is 3. The van der Waals surface area contributed by atoms with Crippen molar-refractivity contribution in [2.24, 2.45) is 0 Å². The third kappa shape index (κ3) is 3.41. The summed E-state index contributed by atoms with van der Waals surface area (Å²) in [5, 5.41) is 7.28. The van der Waals surface area contributed by atoms with Crippen LogP contribution in [0.4, 0.5) is 27.5 Å². The van der Waals surface area contributed by atoms with Crippen LogP contribution in [0.5, 0.6) is 0 Å². The van der Waals surface area contributed by atoms with Gasteiger partial charge in [0.25, 0.3) is 0 Å². The standard InChI is InChI=1S/C13H10F4N4OS/c14-9-2-1-8-6-21(4-3-7(8)5-9)12(22)18-11-20-19-10(23-11)13(15,16)17/h1-2,5H,3-4,6H2,(H,18,20,22). The number of hydrogen-bond acceptors (Lipinski definition) is 4. The fourth-order valence-electron chi connectivity index (χ4n) is 2.25. The third-order valence-electron chi connectivity index (χ3n) is 3.35. The quantitative estimate of drug-likeness (QED) is 0.806. The number of amides is 2. The van der Waals surface area contributed by atoms with Gasteiger partial charge in [0.15, 0.2) is 0 Å². The van der Waals surface area contributed by atoms with Gasteiger partial charge in [0, 0.05) is 13.1 Å². The molecule has 1 aliphatic rings. The van der Waals surface area contributed by atoms with E-state index in [1.54, 1.807) is 6.07 Å². The van der Waals surface area contributed by atoms with Gasteiger partial charge in [-0.3, -0.25) is 5.32 Å². The fraction of sp³-hybridized carbons (Fsp3) is 0.308. The molecule has 3 rings (SSSR count). The zero-order chi connectivity index (χ0) is 16.6. The highest BCUT2D eigenvalue weighted by molar-refractivity contribution is 7.15. The maximum Gasteiger partial charge on any atom is 0.445 e. The van der Waals surface area contributed by atoms with Gasteiger partial charge in [-0.15, -0.1) is 10.2 Å². The predicted octanol–water partition coefficient (Wildman–Crippen LogP) is 3.29. The maximum atomic E-state index is 13.1. The number of carbonyl (C=O) groups excluding carboxylic acids is 1. The molecule has 2 heterocycles. The van der Waals surface area contributed by atoms with E-state index in [0.717, 1.165) is 11.1 Å². The molecule has 0 bridgehead atoms. The van der Waals surface area contributed by atoms with Crippen LogP contribution in [0.3, 0.4) is 0 Å². The monoisotopic (exact) mass is 346 g/mol. The van der Waals surface area contributed by atoms with Crippen LogP contribution < -0.4 is 5.32 Å². The van der Waals surface area contributed by atoms with Gasteiger partial charge in [0.05, 0.1) is 0 Å². The molecule has 0 fully saturated rings. The lowest BCUT2D eigenvalue weighted by Gasteiger charge is -2.28. The lowest BCUT2D eigenvalue weighted by molar-refractivity contribution is -0.138. The Morgan fingerprint density at radius 1 is 1.26 bits per heavy atom. The number of aromatic nitrogens is 2. The molecule has 122 valence electrons. The molecule has 1 aromatic carbocycles. The van der Waals surface area contributed by atoms with Gasteiger partial charge < -0.3 is 4.90 Å². The normalized spacial score (nSPS) is 14.5. The van der Waals surface area contributed by atoms with Crippen LogP contribution >= 0.6 is 11.3 Å². The Hall–Kier alpha value is -2.23. The largest absolute Gasteiger partial charge is 0.445 e. The third-order valence-corrected chi connectivity index (χ3v) is 4.23. The number of carbonyl (C=O) groups is 1. The Morgan fingerprint density at radius 3 is 2.74 bits per heavy atom. The predicted molar refractivity (Wildman–Crippen MR) is 74.4 cm³/mol. The number of halogens is 4. The molecule has 0 radical (unpaired) electrons. The Morgan fingerprint density at radius 2 is 2.04 bits per heavy atom. The number of anilines is 1. The number of benzene rings is 1. The summed E-state index contributed by atoms with van der Waals surface area (Å²) in [6.07, 6.45) is -4.11. The SMILES string of the molecule is O=C(Nc1nnc(C(F)(F)F)s1)N1CCc2cc(F)ccc2C1. The Labute approximate surface area is 131 Å². The van der Waals surface area contributed by atoms with Crippen LogP contribution in [-0.4, -0.2) is 27.7 Å². The number of hydrogen-bond donors (Lipinski definition) is 1. The number of rotatable bonds is 1. The number of nitrogens with one attached hydrogen (secondary N) is 1. The molecule has 1 aliphatic heterocycles. The topological polar surface area (TPSA) is 58.1 Å². The molecule has 23 heavy (non-hydrogen) atoms. The van der Waals surface area contributed by atoms with E-state index in [1.165, 1.54) is 17.0 Å². The molecule has 0 aliphatic carbocycles. The van der Waals surface area contributed by atoms with Crippen LogP contribution in [0.25, 0.3) is 0 Å².